The number of hydrogen-bond donors (Lipinski definition) is 0. The largest absolute Gasteiger partial charge is 0.298 e. The lowest BCUT2D eigenvalue weighted by Crippen LogP contribution is -2.69. The van der Waals surface area contributed by atoms with Gasteiger partial charge < -0.3 is 0 Å². The maximum atomic E-state index is 15.8. The summed E-state index contributed by atoms with van der Waals surface area (Å²) in [6.07, 6.45) is 23.3. The molecule has 2 heteroatoms. The number of unbranched alkanes of at least 4 members (excludes halogenated alkanes) is 4. The van der Waals surface area contributed by atoms with Gasteiger partial charge in [0.25, 0.3) is 0 Å². The standard InChI is InChI=1S/C30H51FO/c1-3-5-7-8-10-24-15-19-29(20-16-24)27(31)30(28(29)32)21-17-26(18-22-30)25-13-11-23(12-14-25)9-6-4-2/h23-27H,3-22H2,1-2H3/t23?,24?,25?,26?,27-,29-,30-/m1/s1. The van der Waals surface area contributed by atoms with Crippen molar-refractivity contribution < 1.29 is 9.18 Å². The lowest BCUT2D eigenvalue weighted by Gasteiger charge is -2.61. The Balaban J connectivity index is 1.22. The van der Waals surface area contributed by atoms with E-state index in [2.05, 4.69) is 13.8 Å². The van der Waals surface area contributed by atoms with E-state index in [1.807, 2.05) is 0 Å². The monoisotopic (exact) mass is 446 g/mol. The van der Waals surface area contributed by atoms with E-state index in [0.29, 0.717) is 5.78 Å². The molecule has 4 aliphatic rings. The Morgan fingerprint density at radius 2 is 1.16 bits per heavy atom. The van der Waals surface area contributed by atoms with Gasteiger partial charge in [-0.05, 0) is 87.9 Å². The van der Waals surface area contributed by atoms with Crippen molar-refractivity contribution in [1.29, 1.82) is 0 Å². The van der Waals surface area contributed by atoms with Gasteiger partial charge in [0.05, 0.1) is 10.8 Å². The van der Waals surface area contributed by atoms with Gasteiger partial charge in [0, 0.05) is 0 Å². The number of carbonyl (C=O) groups excluding carboxylic acids is 1. The van der Waals surface area contributed by atoms with Crippen molar-refractivity contribution in [2.75, 3.05) is 0 Å². The lowest BCUT2D eigenvalue weighted by atomic mass is 9.41. The highest BCUT2D eigenvalue weighted by Crippen LogP contribution is 2.66. The Hall–Kier alpha value is -0.400. The Labute approximate surface area is 198 Å². The molecule has 1 nitrogen and oxygen atoms in total. The summed E-state index contributed by atoms with van der Waals surface area (Å²) >= 11 is 0. The Kier molecular flexibility index (Phi) is 8.42. The molecule has 0 bridgehead atoms. The van der Waals surface area contributed by atoms with Crippen molar-refractivity contribution in [2.45, 2.75) is 148 Å². The highest BCUT2D eigenvalue weighted by molar-refractivity contribution is 5.98. The van der Waals surface area contributed by atoms with Gasteiger partial charge >= 0.3 is 0 Å². The van der Waals surface area contributed by atoms with Crippen LogP contribution in [-0.4, -0.2) is 12.0 Å². The van der Waals surface area contributed by atoms with Crippen LogP contribution >= 0.6 is 0 Å². The number of rotatable bonds is 9. The van der Waals surface area contributed by atoms with Crippen molar-refractivity contribution in [3.05, 3.63) is 0 Å². The van der Waals surface area contributed by atoms with Crippen LogP contribution in [0.15, 0.2) is 0 Å². The molecule has 0 heterocycles. The summed E-state index contributed by atoms with van der Waals surface area (Å²) < 4.78 is 15.8. The third-order valence-electron chi connectivity index (χ3n) is 10.8. The third kappa shape index (κ3) is 4.72. The molecule has 0 aromatic heterocycles. The van der Waals surface area contributed by atoms with Gasteiger partial charge in [0.1, 0.15) is 6.17 Å². The van der Waals surface area contributed by atoms with Crippen LogP contribution in [0.25, 0.3) is 0 Å². The van der Waals surface area contributed by atoms with Gasteiger partial charge in [-0.15, -0.1) is 0 Å². The molecule has 2 spiro atoms. The summed E-state index contributed by atoms with van der Waals surface area (Å²) in [6, 6.07) is 0. The van der Waals surface area contributed by atoms with Gasteiger partial charge in [0.2, 0.25) is 0 Å². The molecule has 4 saturated carbocycles. The number of carbonyl (C=O) groups is 1. The van der Waals surface area contributed by atoms with Crippen molar-refractivity contribution in [3.8, 4) is 0 Å². The molecule has 0 aromatic rings. The molecule has 0 N–H and O–H groups in total. The predicted molar refractivity (Wildman–Crippen MR) is 132 cm³/mol. The molecule has 0 aromatic carbocycles. The highest BCUT2D eigenvalue weighted by Gasteiger charge is 2.71. The molecule has 4 fully saturated rings. The first-order chi connectivity index (χ1) is 15.6. The Morgan fingerprint density at radius 1 is 0.656 bits per heavy atom. The van der Waals surface area contributed by atoms with E-state index < -0.39 is 17.0 Å². The molecular weight excluding hydrogens is 395 g/mol. The second-order valence-electron chi connectivity index (χ2n) is 12.6. The van der Waals surface area contributed by atoms with Crippen LogP contribution in [0.5, 0.6) is 0 Å². The summed E-state index contributed by atoms with van der Waals surface area (Å²) in [6.45, 7) is 4.56. The number of alkyl halides is 1. The van der Waals surface area contributed by atoms with E-state index in [1.165, 1.54) is 77.0 Å². The first kappa shape index (κ1) is 24.7. The van der Waals surface area contributed by atoms with Gasteiger partial charge in [-0.2, -0.15) is 0 Å². The SMILES string of the molecule is CCCCCCC1CC[C@]2(CC1)C(=O)[C@@]1(CCC(C3CCC(CCCC)CC3)CC1)[C@@H]2F. The molecule has 0 radical (unpaired) electrons. The molecule has 0 unspecified atom stereocenters. The maximum Gasteiger partial charge on any atom is 0.151 e. The topological polar surface area (TPSA) is 17.1 Å². The summed E-state index contributed by atoms with van der Waals surface area (Å²) in [5.41, 5.74) is -1.13. The minimum Gasteiger partial charge on any atom is -0.298 e. The predicted octanol–water partition coefficient (Wildman–Crippen LogP) is 9.23. The van der Waals surface area contributed by atoms with Crippen molar-refractivity contribution in [3.63, 3.8) is 0 Å². The van der Waals surface area contributed by atoms with E-state index in [1.54, 1.807) is 0 Å². The van der Waals surface area contributed by atoms with E-state index >= 15 is 4.39 Å². The van der Waals surface area contributed by atoms with E-state index in [4.69, 9.17) is 0 Å². The quantitative estimate of drug-likeness (QED) is 0.322. The van der Waals surface area contributed by atoms with E-state index in [9.17, 15) is 4.79 Å². The zero-order valence-corrected chi connectivity index (χ0v) is 21.3. The van der Waals surface area contributed by atoms with Crippen LogP contribution in [0.3, 0.4) is 0 Å². The molecule has 4 aliphatic carbocycles. The van der Waals surface area contributed by atoms with Crippen LogP contribution in [0.2, 0.25) is 0 Å². The average molecular weight is 447 g/mol. The summed E-state index contributed by atoms with van der Waals surface area (Å²) in [5.74, 6) is 3.70. The fourth-order valence-corrected chi connectivity index (χ4v) is 8.55. The molecule has 0 aliphatic heterocycles. The van der Waals surface area contributed by atoms with Crippen molar-refractivity contribution in [1.82, 2.24) is 0 Å². The number of Topliss-reactive ketones (excluding diaryl/α,β-unsaturated/α-hetero) is 1. The molecule has 1 atom stereocenters. The van der Waals surface area contributed by atoms with Gasteiger partial charge in [-0.1, -0.05) is 78.1 Å². The molecular formula is C30H51FO. The first-order valence-corrected chi connectivity index (χ1v) is 14.7. The molecule has 4 rings (SSSR count). The normalized spacial score (nSPS) is 42.3. The highest BCUT2D eigenvalue weighted by atomic mass is 19.1. The summed E-state index contributed by atoms with van der Waals surface area (Å²) in [4.78, 5) is 13.5. The van der Waals surface area contributed by atoms with Gasteiger partial charge in [-0.25, -0.2) is 4.39 Å². The van der Waals surface area contributed by atoms with Crippen molar-refractivity contribution >= 4 is 5.78 Å². The maximum absolute atomic E-state index is 15.8. The zero-order valence-electron chi connectivity index (χ0n) is 21.3. The summed E-state index contributed by atoms with van der Waals surface area (Å²) in [5, 5.41) is 0. The van der Waals surface area contributed by atoms with Gasteiger partial charge in [0.15, 0.2) is 5.78 Å². The number of hydrogen-bond acceptors (Lipinski definition) is 1. The summed E-state index contributed by atoms with van der Waals surface area (Å²) in [7, 11) is 0. The second kappa shape index (κ2) is 10.9. The fourth-order valence-electron chi connectivity index (χ4n) is 8.55. The van der Waals surface area contributed by atoms with Crippen LogP contribution in [0.4, 0.5) is 4.39 Å². The second-order valence-corrected chi connectivity index (χ2v) is 12.6. The number of ketones is 1. The lowest BCUT2D eigenvalue weighted by molar-refractivity contribution is -0.194. The van der Waals surface area contributed by atoms with E-state index in [-0.39, 0.29) is 0 Å². The molecule has 184 valence electrons. The first-order valence-electron chi connectivity index (χ1n) is 14.7. The molecule has 0 saturated heterocycles. The van der Waals surface area contributed by atoms with Crippen LogP contribution in [0.1, 0.15) is 142 Å². The fraction of sp³-hybridized carbons (Fsp3) is 0.967. The smallest absolute Gasteiger partial charge is 0.151 e. The van der Waals surface area contributed by atoms with Crippen LogP contribution in [-0.2, 0) is 4.79 Å². The van der Waals surface area contributed by atoms with Gasteiger partial charge in [-0.3, -0.25) is 4.79 Å². The molecule has 32 heavy (non-hydrogen) atoms. The molecule has 0 amide bonds. The van der Waals surface area contributed by atoms with Crippen LogP contribution in [0, 0.1) is 34.5 Å². The third-order valence-corrected chi connectivity index (χ3v) is 10.8. The Bertz CT molecular complexity index is 588. The minimum absolute atomic E-state index is 0.364. The minimum atomic E-state index is -0.839. The average Bonchev–Trinajstić information content (AvgIpc) is 2.85. The van der Waals surface area contributed by atoms with Crippen molar-refractivity contribution in [2.24, 2.45) is 34.5 Å². The van der Waals surface area contributed by atoms with E-state index in [0.717, 1.165) is 75.0 Å². The zero-order chi connectivity index (χ0) is 22.6. The Morgan fingerprint density at radius 3 is 1.72 bits per heavy atom. The van der Waals surface area contributed by atoms with Crippen LogP contribution < -0.4 is 0 Å². The number of halogens is 1.